The van der Waals surface area contributed by atoms with E-state index in [4.69, 9.17) is 15.9 Å². The minimum Gasteiger partial charge on any atom is -0.480 e. The lowest BCUT2D eigenvalue weighted by Gasteiger charge is -2.21. The molecular formula is C9H18N2O4. The third-order valence-electron chi connectivity index (χ3n) is 2.07. The first kappa shape index (κ1) is 13.9. The van der Waals surface area contributed by atoms with Crippen molar-refractivity contribution in [1.82, 2.24) is 5.32 Å². The quantitative estimate of drug-likeness (QED) is 0.469. The number of nitrogens with two attached hydrogens (primary N) is 1. The molecule has 0 aromatic carbocycles. The second kappa shape index (κ2) is 5.67. The molecule has 0 aromatic rings. The van der Waals surface area contributed by atoms with Gasteiger partial charge in [0.1, 0.15) is 0 Å². The molecule has 0 fully saturated rings. The van der Waals surface area contributed by atoms with Gasteiger partial charge in [-0.25, -0.2) is 4.79 Å². The van der Waals surface area contributed by atoms with Crippen LogP contribution in [0.4, 0.5) is 0 Å². The predicted molar refractivity (Wildman–Crippen MR) is 54.1 cm³/mol. The van der Waals surface area contributed by atoms with Gasteiger partial charge in [0.2, 0.25) is 5.91 Å². The van der Waals surface area contributed by atoms with Crippen LogP contribution in [-0.4, -0.2) is 40.3 Å². The van der Waals surface area contributed by atoms with E-state index in [1.807, 2.05) is 0 Å². The molecule has 88 valence electrons. The largest absolute Gasteiger partial charge is 0.480 e. The van der Waals surface area contributed by atoms with Crippen LogP contribution in [0.15, 0.2) is 0 Å². The number of carboxylic acid groups (broad SMARTS) is 1. The molecule has 1 amide bonds. The zero-order valence-electron chi connectivity index (χ0n) is 9.10. The molecule has 0 aliphatic rings. The fourth-order valence-corrected chi connectivity index (χ4v) is 0.941. The van der Waals surface area contributed by atoms with Crippen molar-refractivity contribution in [2.24, 2.45) is 11.7 Å². The Morgan fingerprint density at radius 2 is 1.73 bits per heavy atom. The Bertz CT molecular complexity index is 240. The third-order valence-corrected chi connectivity index (χ3v) is 2.07. The van der Waals surface area contributed by atoms with Crippen molar-refractivity contribution < 1.29 is 19.8 Å². The van der Waals surface area contributed by atoms with Crippen LogP contribution in [0, 0.1) is 5.92 Å². The number of carbonyl (C=O) groups excluding carboxylic acids is 1. The van der Waals surface area contributed by atoms with E-state index in [2.05, 4.69) is 5.32 Å². The number of aliphatic hydroxyl groups excluding tert-OH is 1. The van der Waals surface area contributed by atoms with Gasteiger partial charge in [0.15, 0.2) is 6.04 Å². The number of nitrogens with one attached hydrogen (secondary N) is 1. The van der Waals surface area contributed by atoms with E-state index in [-0.39, 0.29) is 5.92 Å². The monoisotopic (exact) mass is 218 g/mol. The summed E-state index contributed by atoms with van der Waals surface area (Å²) in [4.78, 5) is 22.0. The fraction of sp³-hybridized carbons (Fsp3) is 0.778. The zero-order valence-corrected chi connectivity index (χ0v) is 9.10. The lowest BCUT2D eigenvalue weighted by Crippen LogP contribution is -2.53. The second-order valence-electron chi connectivity index (χ2n) is 3.83. The number of hydrogen-bond acceptors (Lipinski definition) is 4. The minimum absolute atomic E-state index is 0.0894. The van der Waals surface area contributed by atoms with E-state index in [1.165, 1.54) is 6.92 Å². The molecule has 0 aliphatic carbocycles. The summed E-state index contributed by atoms with van der Waals surface area (Å²) in [6, 6.07) is -2.09. The van der Waals surface area contributed by atoms with E-state index in [0.29, 0.717) is 0 Å². The third kappa shape index (κ3) is 4.26. The topological polar surface area (TPSA) is 113 Å². The van der Waals surface area contributed by atoms with Gasteiger partial charge in [0.25, 0.3) is 0 Å². The smallest absolute Gasteiger partial charge is 0.328 e. The molecule has 6 heteroatoms. The average molecular weight is 218 g/mol. The molecular weight excluding hydrogens is 200 g/mol. The van der Waals surface area contributed by atoms with Crippen LogP contribution >= 0.6 is 0 Å². The molecule has 3 atom stereocenters. The van der Waals surface area contributed by atoms with Crippen LogP contribution in [0.1, 0.15) is 20.8 Å². The number of hydrogen-bond donors (Lipinski definition) is 4. The molecule has 5 N–H and O–H groups in total. The van der Waals surface area contributed by atoms with Crippen LogP contribution in [0.25, 0.3) is 0 Å². The minimum atomic E-state index is -1.32. The second-order valence-corrected chi connectivity index (χ2v) is 3.83. The van der Waals surface area contributed by atoms with Gasteiger partial charge in [-0.1, -0.05) is 13.8 Å². The summed E-state index contributed by atoms with van der Waals surface area (Å²) in [5, 5.41) is 20.0. The lowest BCUT2D eigenvalue weighted by atomic mass is 10.0. The number of amides is 1. The summed E-state index contributed by atoms with van der Waals surface area (Å²) >= 11 is 0. The van der Waals surface area contributed by atoms with E-state index in [9.17, 15) is 9.59 Å². The standard InChI is InChI=1S/C9H18N2O4/c1-4(2)6(10)8(13)11-7(5(3)12)9(14)15/h4-7,12H,10H2,1-3H3,(H,11,13)(H,14,15)/t5-,6-,7-/m0/s1. The van der Waals surface area contributed by atoms with Crippen LogP contribution in [0.3, 0.4) is 0 Å². The molecule has 0 unspecified atom stereocenters. The average Bonchev–Trinajstić information content (AvgIpc) is 2.11. The molecule has 0 heterocycles. The van der Waals surface area contributed by atoms with Gasteiger partial charge in [-0.3, -0.25) is 4.79 Å². The Labute approximate surface area is 88.5 Å². The van der Waals surface area contributed by atoms with Crippen LogP contribution in [-0.2, 0) is 9.59 Å². The first-order valence-electron chi connectivity index (χ1n) is 4.74. The highest BCUT2D eigenvalue weighted by Crippen LogP contribution is 2.00. The number of carboxylic acids is 1. The van der Waals surface area contributed by atoms with Gasteiger partial charge in [0.05, 0.1) is 12.1 Å². The first-order valence-corrected chi connectivity index (χ1v) is 4.74. The van der Waals surface area contributed by atoms with Crippen molar-refractivity contribution in [1.29, 1.82) is 0 Å². The van der Waals surface area contributed by atoms with Crippen LogP contribution < -0.4 is 11.1 Å². The summed E-state index contributed by atoms with van der Waals surface area (Å²) in [5.41, 5.74) is 5.52. The Balaban J connectivity index is 4.43. The van der Waals surface area contributed by atoms with Crippen molar-refractivity contribution in [3.63, 3.8) is 0 Å². The number of aliphatic carboxylic acids is 1. The molecule has 0 spiro atoms. The van der Waals surface area contributed by atoms with Crippen molar-refractivity contribution in [3.8, 4) is 0 Å². The molecule has 0 saturated carbocycles. The molecule has 0 rings (SSSR count). The number of carbonyl (C=O) groups is 2. The Kier molecular flexibility index (Phi) is 5.24. The lowest BCUT2D eigenvalue weighted by molar-refractivity contribution is -0.145. The van der Waals surface area contributed by atoms with Crippen molar-refractivity contribution in [2.45, 2.75) is 39.0 Å². The maximum Gasteiger partial charge on any atom is 0.328 e. The van der Waals surface area contributed by atoms with Gasteiger partial charge < -0.3 is 21.3 Å². The Morgan fingerprint density at radius 3 is 2.00 bits per heavy atom. The SMILES string of the molecule is CC(C)[C@H](N)C(=O)N[C@H](C(=O)O)[C@H](C)O. The number of rotatable bonds is 5. The highest BCUT2D eigenvalue weighted by molar-refractivity contribution is 5.87. The fourth-order valence-electron chi connectivity index (χ4n) is 0.941. The van der Waals surface area contributed by atoms with Crippen LogP contribution in [0.2, 0.25) is 0 Å². The summed E-state index contributed by atoms with van der Waals surface area (Å²) < 4.78 is 0. The normalized spacial score (nSPS) is 16.9. The summed E-state index contributed by atoms with van der Waals surface area (Å²) in [6.07, 6.45) is -1.16. The Hall–Kier alpha value is -1.14. The summed E-state index contributed by atoms with van der Waals surface area (Å²) in [7, 11) is 0. The van der Waals surface area contributed by atoms with Crippen LogP contribution in [0.5, 0.6) is 0 Å². The summed E-state index contributed by atoms with van der Waals surface area (Å²) in [6.45, 7) is 4.80. The maximum atomic E-state index is 11.4. The van der Waals surface area contributed by atoms with Gasteiger partial charge in [-0.2, -0.15) is 0 Å². The van der Waals surface area contributed by atoms with Gasteiger partial charge in [0, 0.05) is 0 Å². The van der Waals surface area contributed by atoms with Crippen molar-refractivity contribution in [3.05, 3.63) is 0 Å². The maximum absolute atomic E-state index is 11.4. The van der Waals surface area contributed by atoms with E-state index >= 15 is 0 Å². The molecule has 15 heavy (non-hydrogen) atoms. The molecule has 0 saturated heterocycles. The highest BCUT2D eigenvalue weighted by Gasteiger charge is 2.27. The molecule has 0 aromatic heterocycles. The van der Waals surface area contributed by atoms with E-state index < -0.39 is 30.1 Å². The predicted octanol–water partition coefficient (Wildman–Crippen LogP) is -1.08. The van der Waals surface area contributed by atoms with E-state index in [0.717, 1.165) is 0 Å². The first-order chi connectivity index (χ1) is 6.77. The molecule has 0 bridgehead atoms. The highest BCUT2D eigenvalue weighted by atomic mass is 16.4. The number of aliphatic hydroxyl groups is 1. The van der Waals surface area contributed by atoms with E-state index in [1.54, 1.807) is 13.8 Å². The van der Waals surface area contributed by atoms with Crippen molar-refractivity contribution in [2.75, 3.05) is 0 Å². The molecule has 0 aliphatic heterocycles. The summed E-state index contributed by atoms with van der Waals surface area (Å²) in [5.74, 6) is -1.94. The zero-order chi connectivity index (χ0) is 12.2. The molecule has 0 radical (unpaired) electrons. The van der Waals surface area contributed by atoms with Gasteiger partial charge >= 0.3 is 5.97 Å². The molecule has 6 nitrogen and oxygen atoms in total. The van der Waals surface area contributed by atoms with Crippen molar-refractivity contribution >= 4 is 11.9 Å². The van der Waals surface area contributed by atoms with Gasteiger partial charge in [-0.15, -0.1) is 0 Å². The Morgan fingerprint density at radius 1 is 1.27 bits per heavy atom. The van der Waals surface area contributed by atoms with Gasteiger partial charge in [-0.05, 0) is 12.8 Å².